The summed E-state index contributed by atoms with van der Waals surface area (Å²) in [7, 11) is 0. The van der Waals surface area contributed by atoms with Gasteiger partial charge in [-0.05, 0) is 12.0 Å². The van der Waals surface area contributed by atoms with Crippen molar-refractivity contribution in [2.75, 3.05) is 11.5 Å². The van der Waals surface area contributed by atoms with Gasteiger partial charge in [-0.25, -0.2) is 4.79 Å². The molecule has 1 saturated heterocycles. The molecule has 110 valence electrons. The Labute approximate surface area is 125 Å². The van der Waals surface area contributed by atoms with E-state index in [4.69, 9.17) is 5.73 Å². The number of aliphatic carboxylic acids is 1. The summed E-state index contributed by atoms with van der Waals surface area (Å²) in [5, 5.41) is 8.96. The third-order valence-electron chi connectivity index (χ3n) is 3.52. The van der Waals surface area contributed by atoms with E-state index >= 15 is 0 Å². The quantitative estimate of drug-likeness (QED) is 0.733. The van der Waals surface area contributed by atoms with Crippen molar-refractivity contribution >= 4 is 40.5 Å². The van der Waals surface area contributed by atoms with Crippen LogP contribution >= 0.6 is 23.5 Å². The molecule has 0 bridgehead atoms. The van der Waals surface area contributed by atoms with E-state index in [0.29, 0.717) is 23.5 Å². The standard InChI is InChI=1S/C12H16N2O4S2/c1-3-12(13)10(18)14-8(9(16)17)7(4-19-6(2)15)5-20-11(12)14/h11H,3-5,13H2,1-2H3,(H,16,17)/t11-,12+/m1/s1. The number of thioether (sulfide) groups is 2. The van der Waals surface area contributed by atoms with Crippen LogP contribution in [0.3, 0.4) is 0 Å². The van der Waals surface area contributed by atoms with Gasteiger partial charge in [-0.3, -0.25) is 14.5 Å². The fraction of sp³-hybridized carbons (Fsp3) is 0.583. The van der Waals surface area contributed by atoms with Crippen LogP contribution in [0.4, 0.5) is 0 Å². The highest BCUT2D eigenvalue weighted by Gasteiger charge is 2.61. The molecule has 2 aliphatic heterocycles. The van der Waals surface area contributed by atoms with Crippen LogP contribution in [0.25, 0.3) is 0 Å². The average Bonchev–Trinajstić information content (AvgIpc) is 2.42. The normalized spacial score (nSPS) is 29.1. The lowest BCUT2D eigenvalue weighted by Crippen LogP contribution is -2.77. The number of hydrogen-bond donors (Lipinski definition) is 2. The molecule has 8 heteroatoms. The maximum atomic E-state index is 12.2. The molecule has 1 amide bonds. The Balaban J connectivity index is 2.31. The van der Waals surface area contributed by atoms with Crippen molar-refractivity contribution in [2.24, 2.45) is 5.73 Å². The van der Waals surface area contributed by atoms with Gasteiger partial charge in [0.2, 0.25) is 0 Å². The van der Waals surface area contributed by atoms with Gasteiger partial charge in [0.1, 0.15) is 16.6 Å². The Morgan fingerprint density at radius 3 is 2.75 bits per heavy atom. The predicted octanol–water partition coefficient (Wildman–Crippen LogP) is 0.627. The first-order chi connectivity index (χ1) is 9.32. The summed E-state index contributed by atoms with van der Waals surface area (Å²) in [6.07, 6.45) is 0.477. The van der Waals surface area contributed by atoms with Gasteiger partial charge < -0.3 is 10.8 Å². The van der Waals surface area contributed by atoms with Crippen molar-refractivity contribution < 1.29 is 19.5 Å². The fourth-order valence-corrected chi connectivity index (χ4v) is 4.60. The lowest BCUT2D eigenvalue weighted by atomic mass is 9.85. The summed E-state index contributed by atoms with van der Waals surface area (Å²) in [6, 6.07) is 0. The molecular formula is C12H16N2O4S2. The van der Waals surface area contributed by atoms with Crippen molar-refractivity contribution in [2.45, 2.75) is 31.2 Å². The average molecular weight is 316 g/mol. The molecule has 0 radical (unpaired) electrons. The molecular weight excluding hydrogens is 300 g/mol. The Morgan fingerprint density at radius 1 is 1.60 bits per heavy atom. The van der Waals surface area contributed by atoms with E-state index < -0.39 is 11.5 Å². The molecule has 0 aromatic carbocycles. The van der Waals surface area contributed by atoms with Crippen molar-refractivity contribution in [1.82, 2.24) is 4.90 Å². The zero-order valence-corrected chi connectivity index (χ0v) is 12.8. The molecule has 20 heavy (non-hydrogen) atoms. The Bertz CT molecular complexity index is 520. The molecule has 1 fully saturated rings. The summed E-state index contributed by atoms with van der Waals surface area (Å²) in [5.74, 6) is -0.708. The van der Waals surface area contributed by atoms with E-state index in [9.17, 15) is 19.5 Å². The van der Waals surface area contributed by atoms with Gasteiger partial charge >= 0.3 is 5.97 Å². The smallest absolute Gasteiger partial charge is 0.352 e. The first-order valence-electron chi connectivity index (χ1n) is 6.15. The molecule has 2 atom stereocenters. The van der Waals surface area contributed by atoms with Crippen LogP contribution in [0.1, 0.15) is 20.3 Å². The van der Waals surface area contributed by atoms with Crippen molar-refractivity contribution in [3.63, 3.8) is 0 Å². The SMILES string of the molecule is CC[C@]1(N)C(=O)N2C(C(=O)O)=C(CSC(C)=O)CS[C@@H]21. The second kappa shape index (κ2) is 5.42. The highest BCUT2D eigenvalue weighted by Crippen LogP contribution is 2.46. The number of amides is 1. The van der Waals surface area contributed by atoms with Gasteiger partial charge in [-0.15, -0.1) is 11.8 Å². The van der Waals surface area contributed by atoms with Crippen LogP contribution in [0.5, 0.6) is 0 Å². The van der Waals surface area contributed by atoms with Gasteiger partial charge in [-0.2, -0.15) is 0 Å². The van der Waals surface area contributed by atoms with Crippen molar-refractivity contribution in [3.05, 3.63) is 11.3 Å². The maximum absolute atomic E-state index is 12.2. The first kappa shape index (κ1) is 15.4. The summed E-state index contributed by atoms with van der Waals surface area (Å²) < 4.78 is 0. The number of nitrogens with two attached hydrogens (primary N) is 1. The van der Waals surface area contributed by atoms with Gasteiger partial charge in [-0.1, -0.05) is 18.7 Å². The lowest BCUT2D eigenvalue weighted by molar-refractivity contribution is -0.154. The maximum Gasteiger partial charge on any atom is 0.352 e. The molecule has 2 aliphatic rings. The largest absolute Gasteiger partial charge is 0.477 e. The molecule has 0 unspecified atom stereocenters. The summed E-state index contributed by atoms with van der Waals surface area (Å²) >= 11 is 2.51. The minimum Gasteiger partial charge on any atom is -0.477 e. The number of β-lactam (4-membered cyclic amide) rings is 1. The van der Waals surface area contributed by atoms with Crippen LogP contribution in [-0.4, -0.2) is 49.4 Å². The van der Waals surface area contributed by atoms with Gasteiger partial charge in [0, 0.05) is 18.4 Å². The lowest BCUT2D eigenvalue weighted by Gasteiger charge is -2.55. The van der Waals surface area contributed by atoms with Crippen LogP contribution in [-0.2, 0) is 14.4 Å². The molecule has 2 heterocycles. The van der Waals surface area contributed by atoms with Crippen LogP contribution < -0.4 is 5.73 Å². The predicted molar refractivity (Wildman–Crippen MR) is 78.1 cm³/mol. The van der Waals surface area contributed by atoms with E-state index in [1.807, 2.05) is 6.92 Å². The van der Waals surface area contributed by atoms with Crippen LogP contribution in [0.2, 0.25) is 0 Å². The Kier molecular flexibility index (Phi) is 4.17. The zero-order chi connectivity index (χ0) is 15.1. The van der Waals surface area contributed by atoms with E-state index in [0.717, 1.165) is 11.8 Å². The fourth-order valence-electron chi connectivity index (χ4n) is 2.34. The Hall–Kier alpha value is -0.990. The third kappa shape index (κ3) is 2.25. The van der Waals surface area contributed by atoms with Gasteiger partial charge in [0.05, 0.1) is 0 Å². The van der Waals surface area contributed by atoms with E-state index in [1.54, 1.807) is 0 Å². The number of carbonyl (C=O) groups is 3. The molecule has 0 spiro atoms. The monoisotopic (exact) mass is 316 g/mol. The summed E-state index contributed by atoms with van der Waals surface area (Å²) in [6.45, 7) is 3.25. The van der Waals surface area contributed by atoms with Crippen molar-refractivity contribution in [3.8, 4) is 0 Å². The van der Waals surface area contributed by atoms with Crippen molar-refractivity contribution in [1.29, 1.82) is 0 Å². The molecule has 0 saturated carbocycles. The highest BCUT2D eigenvalue weighted by atomic mass is 32.2. The number of carbonyl (C=O) groups excluding carboxylic acids is 2. The number of carboxylic acid groups (broad SMARTS) is 1. The minimum atomic E-state index is -1.14. The first-order valence-corrected chi connectivity index (χ1v) is 8.19. The molecule has 3 N–H and O–H groups in total. The number of nitrogens with zero attached hydrogens (tertiary/aromatic N) is 1. The molecule has 0 aromatic heterocycles. The van der Waals surface area contributed by atoms with Crippen LogP contribution in [0, 0.1) is 0 Å². The highest BCUT2D eigenvalue weighted by molar-refractivity contribution is 8.13. The number of fused-ring (bicyclic) bond motifs is 1. The van der Waals surface area contributed by atoms with Gasteiger partial charge in [0.25, 0.3) is 5.91 Å². The molecule has 0 aliphatic carbocycles. The third-order valence-corrected chi connectivity index (χ3v) is 5.88. The second-order valence-electron chi connectivity index (χ2n) is 4.77. The van der Waals surface area contributed by atoms with Crippen LogP contribution in [0.15, 0.2) is 11.3 Å². The molecule has 0 aromatic rings. The second-order valence-corrected chi connectivity index (χ2v) is 6.99. The minimum absolute atomic E-state index is 0.00188. The Morgan fingerprint density at radius 2 is 2.25 bits per heavy atom. The van der Waals surface area contributed by atoms with E-state index in [2.05, 4.69) is 0 Å². The number of rotatable bonds is 4. The number of hydrogen-bond acceptors (Lipinski definition) is 6. The topological polar surface area (TPSA) is 101 Å². The van der Waals surface area contributed by atoms with E-state index in [-0.39, 0.29) is 22.1 Å². The summed E-state index contributed by atoms with van der Waals surface area (Å²) in [5.41, 5.74) is 5.68. The molecule has 2 rings (SSSR count). The molecule has 6 nitrogen and oxygen atoms in total. The number of carboxylic acids is 1. The zero-order valence-electron chi connectivity index (χ0n) is 11.2. The summed E-state index contributed by atoms with van der Waals surface area (Å²) in [4.78, 5) is 35.9. The van der Waals surface area contributed by atoms with E-state index in [1.165, 1.54) is 23.6 Å². The van der Waals surface area contributed by atoms with Gasteiger partial charge in [0.15, 0.2) is 5.12 Å².